The van der Waals surface area contributed by atoms with Gasteiger partial charge in [0.15, 0.2) is 15.6 Å². The minimum Gasteiger partial charge on any atom is -0.289 e. The predicted octanol–water partition coefficient (Wildman–Crippen LogP) is 3.17. The molecule has 0 aliphatic heterocycles. The summed E-state index contributed by atoms with van der Waals surface area (Å²) in [5.74, 6) is -0.129. The van der Waals surface area contributed by atoms with E-state index >= 15 is 0 Å². The fourth-order valence-corrected chi connectivity index (χ4v) is 3.94. The third kappa shape index (κ3) is 4.05. The lowest BCUT2D eigenvalue weighted by molar-refractivity contribution is 0.103. The summed E-state index contributed by atoms with van der Waals surface area (Å²) >= 11 is 6.33. The van der Waals surface area contributed by atoms with Crippen LogP contribution in [0.4, 0.5) is 0 Å². The Kier molecular flexibility index (Phi) is 4.69. The van der Waals surface area contributed by atoms with Gasteiger partial charge in [0.1, 0.15) is 0 Å². The highest BCUT2D eigenvalue weighted by Crippen LogP contribution is 2.30. The predicted molar refractivity (Wildman–Crippen MR) is 85.5 cm³/mol. The number of rotatable bonds is 5. The first-order valence-corrected chi connectivity index (χ1v) is 8.94. The minimum absolute atomic E-state index is 0.0643. The Labute approximate surface area is 130 Å². The molecule has 3 nitrogen and oxygen atoms in total. The van der Waals surface area contributed by atoms with Gasteiger partial charge in [0.2, 0.25) is 0 Å². The molecule has 0 fully saturated rings. The lowest BCUT2D eigenvalue weighted by Crippen LogP contribution is -2.31. The number of alkyl halides is 1. The number of carbonyl (C=O) groups excluding carboxylic acids is 1. The summed E-state index contributed by atoms with van der Waals surface area (Å²) in [4.78, 5) is 11.3. The number of sulfone groups is 1. The lowest BCUT2D eigenvalue weighted by atomic mass is 9.93. The summed E-state index contributed by atoms with van der Waals surface area (Å²) in [5.41, 5.74) is 1.16. The highest BCUT2D eigenvalue weighted by Gasteiger charge is 2.31. The molecule has 1 aliphatic rings. The second kappa shape index (κ2) is 6.16. The fraction of sp³-hybridized carbons (Fsp3) is 0.312. The molecule has 0 saturated heterocycles. The van der Waals surface area contributed by atoms with E-state index in [1.54, 1.807) is 49.4 Å². The standard InChI is InChI=1S/C16H17ClO3S/c1-2-21(19,20)12-16(17)10-8-14(9-11-16)15(18)13-6-4-3-5-7-13/h3-10H,2,11-12H2,1H3. The van der Waals surface area contributed by atoms with Gasteiger partial charge in [0.05, 0.1) is 10.6 Å². The molecule has 2 rings (SSSR count). The van der Waals surface area contributed by atoms with Crippen molar-refractivity contribution in [2.24, 2.45) is 0 Å². The van der Waals surface area contributed by atoms with Gasteiger partial charge in [-0.2, -0.15) is 0 Å². The minimum atomic E-state index is -3.16. The van der Waals surface area contributed by atoms with E-state index in [-0.39, 0.29) is 17.3 Å². The van der Waals surface area contributed by atoms with Crippen molar-refractivity contribution in [1.29, 1.82) is 0 Å². The molecule has 21 heavy (non-hydrogen) atoms. The number of carbonyl (C=O) groups is 1. The highest BCUT2D eigenvalue weighted by atomic mass is 35.5. The number of allylic oxidation sites excluding steroid dienone is 4. The Morgan fingerprint density at radius 1 is 1.29 bits per heavy atom. The maximum atomic E-state index is 12.3. The van der Waals surface area contributed by atoms with Gasteiger partial charge >= 0.3 is 0 Å². The number of halogens is 1. The topological polar surface area (TPSA) is 51.2 Å². The van der Waals surface area contributed by atoms with Crippen molar-refractivity contribution < 1.29 is 13.2 Å². The van der Waals surface area contributed by atoms with Crippen LogP contribution in [0.2, 0.25) is 0 Å². The van der Waals surface area contributed by atoms with E-state index in [0.29, 0.717) is 17.6 Å². The number of Topliss-reactive ketones (excluding diaryl/α,β-unsaturated/α-hetero) is 1. The van der Waals surface area contributed by atoms with Crippen LogP contribution in [0.1, 0.15) is 23.7 Å². The van der Waals surface area contributed by atoms with Crippen LogP contribution in [0.3, 0.4) is 0 Å². The SMILES string of the molecule is CCS(=O)(=O)CC1(Cl)C=CC(C(=O)c2ccccc2)=CC1. The van der Waals surface area contributed by atoms with E-state index in [1.807, 2.05) is 6.07 Å². The summed E-state index contributed by atoms with van der Waals surface area (Å²) in [6.07, 6.45) is 5.29. The van der Waals surface area contributed by atoms with Crippen molar-refractivity contribution in [3.05, 3.63) is 59.7 Å². The highest BCUT2D eigenvalue weighted by molar-refractivity contribution is 7.91. The number of benzene rings is 1. The number of ketones is 1. The first-order chi connectivity index (χ1) is 9.85. The Bertz CT molecular complexity index is 689. The van der Waals surface area contributed by atoms with Crippen molar-refractivity contribution in [3.8, 4) is 0 Å². The van der Waals surface area contributed by atoms with E-state index in [9.17, 15) is 13.2 Å². The molecule has 1 aromatic rings. The Hall–Kier alpha value is -1.39. The quantitative estimate of drug-likeness (QED) is 0.617. The molecule has 0 aromatic heterocycles. The van der Waals surface area contributed by atoms with Crippen molar-refractivity contribution in [3.63, 3.8) is 0 Å². The molecule has 0 N–H and O–H groups in total. The lowest BCUT2D eigenvalue weighted by Gasteiger charge is -2.24. The van der Waals surface area contributed by atoms with Crippen molar-refractivity contribution in [2.75, 3.05) is 11.5 Å². The van der Waals surface area contributed by atoms with Crippen LogP contribution >= 0.6 is 11.6 Å². The maximum absolute atomic E-state index is 12.3. The summed E-state index contributed by atoms with van der Waals surface area (Å²) in [6, 6.07) is 8.96. The molecule has 0 amide bonds. The van der Waals surface area contributed by atoms with E-state index in [4.69, 9.17) is 11.6 Å². The molecule has 0 bridgehead atoms. The van der Waals surface area contributed by atoms with Gasteiger partial charge in [-0.25, -0.2) is 8.42 Å². The van der Waals surface area contributed by atoms with Crippen LogP contribution in [0.5, 0.6) is 0 Å². The fourth-order valence-electron chi connectivity index (χ4n) is 2.15. The summed E-state index contributed by atoms with van der Waals surface area (Å²) in [5, 5.41) is 0. The Morgan fingerprint density at radius 2 is 1.95 bits per heavy atom. The maximum Gasteiger partial charge on any atom is 0.192 e. The van der Waals surface area contributed by atoms with Crippen LogP contribution < -0.4 is 0 Å². The molecule has 1 unspecified atom stereocenters. The van der Waals surface area contributed by atoms with Crippen LogP contribution in [0.25, 0.3) is 0 Å². The summed E-state index contributed by atoms with van der Waals surface area (Å²) in [6.45, 7) is 1.60. The van der Waals surface area contributed by atoms with Gasteiger partial charge in [-0.05, 0) is 6.42 Å². The van der Waals surface area contributed by atoms with Crippen molar-refractivity contribution >= 4 is 27.2 Å². The summed E-state index contributed by atoms with van der Waals surface area (Å²) < 4.78 is 23.4. The van der Waals surface area contributed by atoms with Crippen LogP contribution in [-0.4, -0.2) is 30.6 Å². The molecule has 0 heterocycles. The molecular weight excluding hydrogens is 308 g/mol. The molecule has 1 atom stereocenters. The van der Waals surface area contributed by atoms with Gasteiger partial charge in [-0.1, -0.05) is 55.5 Å². The average Bonchev–Trinajstić information content (AvgIpc) is 2.47. The van der Waals surface area contributed by atoms with Gasteiger partial charge < -0.3 is 0 Å². The monoisotopic (exact) mass is 324 g/mol. The van der Waals surface area contributed by atoms with E-state index in [1.165, 1.54) is 0 Å². The zero-order chi connectivity index (χ0) is 15.5. The van der Waals surface area contributed by atoms with E-state index in [0.717, 1.165) is 0 Å². The Balaban J connectivity index is 2.13. The number of hydrogen-bond donors (Lipinski definition) is 0. The first-order valence-electron chi connectivity index (χ1n) is 6.74. The molecule has 1 aromatic carbocycles. The number of hydrogen-bond acceptors (Lipinski definition) is 3. The third-order valence-corrected chi connectivity index (χ3v) is 5.83. The normalized spacial score (nSPS) is 21.9. The molecule has 112 valence electrons. The Morgan fingerprint density at radius 3 is 2.48 bits per heavy atom. The van der Waals surface area contributed by atoms with Crippen molar-refractivity contribution in [1.82, 2.24) is 0 Å². The van der Waals surface area contributed by atoms with Gasteiger partial charge in [0, 0.05) is 16.9 Å². The third-order valence-electron chi connectivity index (χ3n) is 3.42. The van der Waals surface area contributed by atoms with E-state index in [2.05, 4.69) is 0 Å². The van der Waals surface area contributed by atoms with Crippen LogP contribution in [0, 0.1) is 0 Å². The summed E-state index contributed by atoms with van der Waals surface area (Å²) in [7, 11) is -3.16. The second-order valence-electron chi connectivity index (χ2n) is 5.10. The first kappa shape index (κ1) is 16.0. The van der Waals surface area contributed by atoms with Crippen molar-refractivity contribution in [2.45, 2.75) is 18.2 Å². The van der Waals surface area contributed by atoms with E-state index < -0.39 is 14.7 Å². The second-order valence-corrected chi connectivity index (χ2v) is 8.21. The largest absolute Gasteiger partial charge is 0.289 e. The smallest absolute Gasteiger partial charge is 0.192 e. The van der Waals surface area contributed by atoms with Gasteiger partial charge in [0.25, 0.3) is 0 Å². The van der Waals surface area contributed by atoms with Gasteiger partial charge in [-0.3, -0.25) is 4.79 Å². The molecule has 0 radical (unpaired) electrons. The molecule has 0 saturated carbocycles. The van der Waals surface area contributed by atoms with Crippen LogP contribution in [-0.2, 0) is 9.84 Å². The van der Waals surface area contributed by atoms with Crippen LogP contribution in [0.15, 0.2) is 54.1 Å². The molecule has 1 aliphatic carbocycles. The zero-order valence-corrected chi connectivity index (χ0v) is 13.3. The molecular formula is C16H17ClO3S. The average molecular weight is 325 g/mol. The molecule has 0 spiro atoms. The zero-order valence-electron chi connectivity index (χ0n) is 11.8. The molecule has 5 heteroatoms. The van der Waals surface area contributed by atoms with Gasteiger partial charge in [-0.15, -0.1) is 11.6 Å².